The van der Waals surface area contributed by atoms with E-state index in [1.165, 1.54) is 0 Å². The Hall–Kier alpha value is -2.07. The second-order valence-corrected chi connectivity index (χ2v) is 5.81. The molecule has 2 aromatic carbocycles. The summed E-state index contributed by atoms with van der Waals surface area (Å²) in [5.74, 6) is 0.127. The van der Waals surface area contributed by atoms with Crippen LogP contribution in [-0.4, -0.2) is 5.91 Å². The lowest BCUT2D eigenvalue weighted by Gasteiger charge is -2.13. The van der Waals surface area contributed by atoms with E-state index < -0.39 is 0 Å². The zero-order chi connectivity index (χ0) is 14.8. The normalized spacial score (nSPS) is 12.3. The molecule has 3 nitrogen and oxygen atoms in total. The molecule has 0 bridgehead atoms. The van der Waals surface area contributed by atoms with Gasteiger partial charge in [-0.25, -0.2) is 0 Å². The number of hydrogen-bond acceptors (Lipinski definition) is 2. The van der Waals surface area contributed by atoms with E-state index in [9.17, 15) is 4.79 Å². The summed E-state index contributed by atoms with van der Waals surface area (Å²) in [5, 5.41) is 3.87. The number of para-hydroxylation sites is 1. The molecule has 0 saturated carbocycles. The molecule has 4 heteroatoms. The van der Waals surface area contributed by atoms with Crippen LogP contribution in [0.3, 0.4) is 0 Å². The van der Waals surface area contributed by atoms with E-state index in [2.05, 4.69) is 21.2 Å². The molecule has 3 aromatic rings. The van der Waals surface area contributed by atoms with Crippen LogP contribution < -0.4 is 5.32 Å². The number of halogens is 1. The number of rotatable bonds is 3. The molecule has 1 aromatic heterocycles. The third kappa shape index (κ3) is 3.00. The lowest BCUT2D eigenvalue weighted by atomic mass is 10.1. The van der Waals surface area contributed by atoms with E-state index in [0.717, 1.165) is 21.0 Å². The van der Waals surface area contributed by atoms with Crippen molar-refractivity contribution < 1.29 is 9.21 Å². The first kappa shape index (κ1) is 13.9. The predicted molar refractivity (Wildman–Crippen MR) is 86.2 cm³/mol. The molecule has 1 atom stereocenters. The summed E-state index contributed by atoms with van der Waals surface area (Å²) in [5.41, 5.74) is 1.77. The van der Waals surface area contributed by atoms with Crippen molar-refractivity contribution in [3.05, 3.63) is 70.4 Å². The Morgan fingerprint density at radius 3 is 2.57 bits per heavy atom. The van der Waals surface area contributed by atoms with Gasteiger partial charge in [-0.2, -0.15) is 0 Å². The Bertz CT molecular complexity index is 744. The maximum Gasteiger partial charge on any atom is 0.287 e. The van der Waals surface area contributed by atoms with Gasteiger partial charge in [0.05, 0.1) is 6.04 Å². The van der Waals surface area contributed by atoms with Crippen LogP contribution in [0.15, 0.2) is 63.5 Å². The van der Waals surface area contributed by atoms with Gasteiger partial charge in [-0.15, -0.1) is 0 Å². The van der Waals surface area contributed by atoms with E-state index in [1.54, 1.807) is 6.07 Å². The minimum absolute atomic E-state index is 0.0844. The molecule has 1 heterocycles. The number of amides is 1. The summed E-state index contributed by atoms with van der Waals surface area (Å²) in [6.07, 6.45) is 0. The van der Waals surface area contributed by atoms with E-state index >= 15 is 0 Å². The summed E-state index contributed by atoms with van der Waals surface area (Å²) in [4.78, 5) is 12.3. The van der Waals surface area contributed by atoms with Gasteiger partial charge in [0.25, 0.3) is 5.91 Å². The van der Waals surface area contributed by atoms with E-state index in [4.69, 9.17) is 4.42 Å². The molecule has 0 spiro atoms. The van der Waals surface area contributed by atoms with Gasteiger partial charge in [0, 0.05) is 9.86 Å². The minimum atomic E-state index is -0.207. The average molecular weight is 344 g/mol. The number of fused-ring (bicyclic) bond motifs is 1. The van der Waals surface area contributed by atoms with Crippen LogP contribution in [0.1, 0.15) is 29.1 Å². The van der Waals surface area contributed by atoms with Crippen molar-refractivity contribution in [3.8, 4) is 0 Å². The molecule has 0 unspecified atom stereocenters. The largest absolute Gasteiger partial charge is 0.451 e. The highest BCUT2D eigenvalue weighted by Gasteiger charge is 2.15. The fourth-order valence-corrected chi connectivity index (χ4v) is 2.46. The highest BCUT2D eigenvalue weighted by atomic mass is 79.9. The summed E-state index contributed by atoms with van der Waals surface area (Å²) >= 11 is 3.40. The van der Waals surface area contributed by atoms with Gasteiger partial charge in [-0.05, 0) is 36.8 Å². The molecule has 0 aliphatic rings. The SMILES string of the molecule is C[C@H](NC(=O)c1cc2ccccc2o1)c1ccc(Br)cc1. The fraction of sp³-hybridized carbons (Fsp3) is 0.118. The number of carbonyl (C=O) groups is 1. The van der Waals surface area contributed by atoms with Crippen LogP contribution in [0.4, 0.5) is 0 Å². The minimum Gasteiger partial charge on any atom is -0.451 e. The Balaban J connectivity index is 1.77. The Morgan fingerprint density at radius 2 is 1.86 bits per heavy atom. The topological polar surface area (TPSA) is 42.2 Å². The van der Waals surface area contributed by atoms with Crippen LogP contribution in [0, 0.1) is 0 Å². The number of carbonyl (C=O) groups excluding carboxylic acids is 1. The highest BCUT2D eigenvalue weighted by molar-refractivity contribution is 9.10. The monoisotopic (exact) mass is 343 g/mol. The van der Waals surface area contributed by atoms with Crippen molar-refractivity contribution in [1.82, 2.24) is 5.32 Å². The third-order valence-electron chi connectivity index (χ3n) is 3.37. The van der Waals surface area contributed by atoms with Crippen LogP contribution >= 0.6 is 15.9 Å². The number of nitrogens with one attached hydrogen (secondary N) is 1. The molecule has 0 radical (unpaired) electrons. The zero-order valence-corrected chi connectivity index (χ0v) is 13.1. The Morgan fingerprint density at radius 1 is 1.14 bits per heavy atom. The van der Waals surface area contributed by atoms with Gasteiger partial charge in [0.15, 0.2) is 5.76 Å². The summed E-state index contributed by atoms with van der Waals surface area (Å²) in [6, 6.07) is 17.1. The van der Waals surface area contributed by atoms with Gasteiger partial charge in [0.1, 0.15) is 5.58 Å². The molecular weight excluding hydrogens is 330 g/mol. The van der Waals surface area contributed by atoms with Crippen LogP contribution in [-0.2, 0) is 0 Å². The van der Waals surface area contributed by atoms with Crippen molar-refractivity contribution >= 4 is 32.8 Å². The first-order chi connectivity index (χ1) is 10.1. The molecule has 0 aliphatic heterocycles. The quantitative estimate of drug-likeness (QED) is 0.749. The number of furan rings is 1. The van der Waals surface area contributed by atoms with Crippen LogP contribution in [0.2, 0.25) is 0 Å². The molecule has 1 amide bonds. The lowest BCUT2D eigenvalue weighted by molar-refractivity contribution is 0.0914. The fourth-order valence-electron chi connectivity index (χ4n) is 2.20. The summed E-state index contributed by atoms with van der Waals surface area (Å²) < 4.78 is 6.58. The van der Waals surface area contributed by atoms with Crippen LogP contribution in [0.5, 0.6) is 0 Å². The summed E-state index contributed by atoms with van der Waals surface area (Å²) in [7, 11) is 0. The van der Waals surface area contributed by atoms with Crippen molar-refractivity contribution in [1.29, 1.82) is 0 Å². The van der Waals surface area contributed by atoms with Crippen molar-refractivity contribution in [2.45, 2.75) is 13.0 Å². The maximum absolute atomic E-state index is 12.3. The summed E-state index contributed by atoms with van der Waals surface area (Å²) in [6.45, 7) is 1.95. The molecular formula is C17H14BrNO2. The highest BCUT2D eigenvalue weighted by Crippen LogP contribution is 2.20. The van der Waals surface area contributed by atoms with Crippen molar-refractivity contribution in [2.24, 2.45) is 0 Å². The first-order valence-electron chi connectivity index (χ1n) is 6.68. The Labute approximate surface area is 131 Å². The molecule has 21 heavy (non-hydrogen) atoms. The lowest BCUT2D eigenvalue weighted by Crippen LogP contribution is -2.26. The molecule has 0 fully saturated rings. The van der Waals surface area contributed by atoms with E-state index in [-0.39, 0.29) is 11.9 Å². The number of hydrogen-bond donors (Lipinski definition) is 1. The van der Waals surface area contributed by atoms with Crippen LogP contribution in [0.25, 0.3) is 11.0 Å². The molecule has 1 N–H and O–H groups in total. The number of benzene rings is 2. The average Bonchev–Trinajstić information content (AvgIpc) is 2.92. The molecule has 0 aliphatic carbocycles. The van der Waals surface area contributed by atoms with E-state index in [1.807, 2.05) is 55.5 Å². The van der Waals surface area contributed by atoms with E-state index in [0.29, 0.717) is 5.76 Å². The first-order valence-corrected chi connectivity index (χ1v) is 7.48. The van der Waals surface area contributed by atoms with Crippen molar-refractivity contribution in [2.75, 3.05) is 0 Å². The third-order valence-corrected chi connectivity index (χ3v) is 3.90. The molecule has 0 saturated heterocycles. The smallest absolute Gasteiger partial charge is 0.287 e. The van der Waals surface area contributed by atoms with Gasteiger partial charge in [-0.1, -0.05) is 46.3 Å². The second-order valence-electron chi connectivity index (χ2n) is 4.90. The zero-order valence-electron chi connectivity index (χ0n) is 11.5. The van der Waals surface area contributed by atoms with Gasteiger partial charge in [0.2, 0.25) is 0 Å². The predicted octanol–water partition coefficient (Wildman–Crippen LogP) is 4.69. The molecule has 3 rings (SSSR count). The van der Waals surface area contributed by atoms with Gasteiger partial charge < -0.3 is 9.73 Å². The molecule has 106 valence electrons. The maximum atomic E-state index is 12.3. The second kappa shape index (κ2) is 5.74. The standard InChI is InChI=1S/C17H14BrNO2/c1-11(12-6-8-14(18)9-7-12)19-17(20)16-10-13-4-2-3-5-15(13)21-16/h2-11H,1H3,(H,19,20)/t11-/m0/s1. The van der Waals surface area contributed by atoms with Crippen molar-refractivity contribution in [3.63, 3.8) is 0 Å². The Kier molecular flexibility index (Phi) is 3.80. The van der Waals surface area contributed by atoms with Gasteiger partial charge >= 0.3 is 0 Å². The van der Waals surface area contributed by atoms with Gasteiger partial charge in [-0.3, -0.25) is 4.79 Å².